The van der Waals surface area contributed by atoms with E-state index >= 15 is 0 Å². The van der Waals surface area contributed by atoms with Crippen LogP contribution in [0.15, 0.2) is 22.7 Å². The molecule has 1 aromatic heterocycles. The quantitative estimate of drug-likeness (QED) is 0.913. The molecule has 102 valence electrons. The largest absolute Gasteiger partial charge is 0.487 e. The molecule has 0 aliphatic rings. The standard InChI is InChI=1S/C14H17ClN2O2/c1-9-12(10(2)19-17-9)8-18-14-5-4-11(7-16-3)6-13(14)15/h4-6,16H,7-8H2,1-3H3. The van der Waals surface area contributed by atoms with Crippen molar-refractivity contribution in [3.8, 4) is 5.75 Å². The van der Waals surface area contributed by atoms with Gasteiger partial charge in [-0.25, -0.2) is 0 Å². The molecule has 2 aromatic rings. The van der Waals surface area contributed by atoms with Crippen molar-refractivity contribution in [1.29, 1.82) is 0 Å². The molecule has 0 amide bonds. The van der Waals surface area contributed by atoms with Crippen LogP contribution in [0.5, 0.6) is 5.75 Å². The van der Waals surface area contributed by atoms with Gasteiger partial charge in [0.05, 0.1) is 16.3 Å². The topological polar surface area (TPSA) is 47.3 Å². The van der Waals surface area contributed by atoms with E-state index in [9.17, 15) is 0 Å². The van der Waals surface area contributed by atoms with E-state index < -0.39 is 0 Å². The number of halogens is 1. The summed E-state index contributed by atoms with van der Waals surface area (Å²) in [5, 5.41) is 7.58. The van der Waals surface area contributed by atoms with Gasteiger partial charge in [-0.2, -0.15) is 0 Å². The Morgan fingerprint density at radius 1 is 1.37 bits per heavy atom. The first-order chi connectivity index (χ1) is 9.11. The summed E-state index contributed by atoms with van der Waals surface area (Å²) in [5.41, 5.74) is 2.94. The van der Waals surface area contributed by atoms with Crippen molar-refractivity contribution in [3.63, 3.8) is 0 Å². The van der Waals surface area contributed by atoms with Gasteiger partial charge < -0.3 is 14.6 Å². The second-order valence-corrected chi connectivity index (χ2v) is 4.79. The van der Waals surface area contributed by atoms with Gasteiger partial charge in [0, 0.05) is 6.54 Å². The van der Waals surface area contributed by atoms with Crippen LogP contribution in [0.4, 0.5) is 0 Å². The molecule has 1 heterocycles. The first-order valence-corrected chi connectivity index (χ1v) is 6.47. The molecule has 0 saturated heterocycles. The number of ether oxygens (including phenoxy) is 1. The summed E-state index contributed by atoms with van der Waals surface area (Å²) in [4.78, 5) is 0. The van der Waals surface area contributed by atoms with Crippen molar-refractivity contribution in [2.24, 2.45) is 0 Å². The second-order valence-electron chi connectivity index (χ2n) is 4.39. The Morgan fingerprint density at radius 2 is 2.16 bits per heavy atom. The highest BCUT2D eigenvalue weighted by Crippen LogP contribution is 2.27. The van der Waals surface area contributed by atoms with Crippen molar-refractivity contribution in [2.45, 2.75) is 27.0 Å². The molecule has 5 heteroatoms. The Bertz CT molecular complexity index is 547. The van der Waals surface area contributed by atoms with Crippen LogP contribution in [0.3, 0.4) is 0 Å². The molecule has 2 rings (SSSR count). The lowest BCUT2D eigenvalue weighted by Gasteiger charge is -2.09. The predicted molar refractivity (Wildman–Crippen MR) is 74.5 cm³/mol. The average molecular weight is 281 g/mol. The number of aryl methyl sites for hydroxylation is 2. The van der Waals surface area contributed by atoms with Gasteiger partial charge in [-0.05, 0) is 38.6 Å². The third kappa shape index (κ3) is 3.28. The Kier molecular flexibility index (Phi) is 4.45. The van der Waals surface area contributed by atoms with E-state index in [1.165, 1.54) is 0 Å². The van der Waals surface area contributed by atoms with Crippen molar-refractivity contribution in [2.75, 3.05) is 7.05 Å². The lowest BCUT2D eigenvalue weighted by atomic mass is 10.2. The Hall–Kier alpha value is -1.52. The third-order valence-corrected chi connectivity index (χ3v) is 3.23. The van der Waals surface area contributed by atoms with E-state index in [0.717, 1.165) is 29.1 Å². The SMILES string of the molecule is CNCc1ccc(OCc2c(C)noc2C)c(Cl)c1. The fourth-order valence-electron chi connectivity index (χ4n) is 1.83. The van der Waals surface area contributed by atoms with Crippen LogP contribution in [0.25, 0.3) is 0 Å². The number of rotatable bonds is 5. The number of hydrogen-bond donors (Lipinski definition) is 1. The summed E-state index contributed by atoms with van der Waals surface area (Å²) in [6.07, 6.45) is 0. The van der Waals surface area contributed by atoms with E-state index in [1.807, 2.05) is 39.1 Å². The number of nitrogens with zero attached hydrogens (tertiary/aromatic N) is 1. The second kappa shape index (κ2) is 6.08. The Balaban J connectivity index is 2.08. The first kappa shape index (κ1) is 13.9. The highest BCUT2D eigenvalue weighted by Gasteiger charge is 2.10. The highest BCUT2D eigenvalue weighted by molar-refractivity contribution is 6.32. The Labute approximate surface area is 117 Å². The molecule has 1 N–H and O–H groups in total. The van der Waals surface area contributed by atoms with E-state index in [-0.39, 0.29) is 0 Å². The molecule has 0 unspecified atom stereocenters. The number of benzene rings is 1. The maximum Gasteiger partial charge on any atom is 0.140 e. The molecule has 0 saturated carbocycles. The number of aromatic nitrogens is 1. The summed E-state index contributed by atoms with van der Waals surface area (Å²) < 4.78 is 10.8. The molecule has 4 nitrogen and oxygen atoms in total. The lowest BCUT2D eigenvalue weighted by Crippen LogP contribution is -2.05. The molecule has 0 fully saturated rings. The lowest BCUT2D eigenvalue weighted by molar-refractivity contribution is 0.302. The highest BCUT2D eigenvalue weighted by atomic mass is 35.5. The Morgan fingerprint density at radius 3 is 2.74 bits per heavy atom. The minimum absolute atomic E-state index is 0.409. The zero-order valence-electron chi connectivity index (χ0n) is 11.3. The van der Waals surface area contributed by atoms with Crippen LogP contribution in [-0.4, -0.2) is 12.2 Å². The average Bonchev–Trinajstić information content (AvgIpc) is 2.69. The zero-order valence-corrected chi connectivity index (χ0v) is 12.0. The van der Waals surface area contributed by atoms with Gasteiger partial charge in [-0.15, -0.1) is 0 Å². The van der Waals surface area contributed by atoms with Gasteiger partial charge in [0.25, 0.3) is 0 Å². The maximum atomic E-state index is 6.19. The van der Waals surface area contributed by atoms with Gasteiger partial charge in [0.15, 0.2) is 0 Å². The van der Waals surface area contributed by atoms with Crippen LogP contribution >= 0.6 is 11.6 Å². The molecule has 0 atom stereocenters. The summed E-state index contributed by atoms with van der Waals surface area (Å²) in [5.74, 6) is 1.45. The fourth-order valence-corrected chi connectivity index (χ4v) is 2.09. The molecule has 19 heavy (non-hydrogen) atoms. The third-order valence-electron chi connectivity index (χ3n) is 2.93. The molecule has 0 aliphatic carbocycles. The first-order valence-electron chi connectivity index (χ1n) is 6.09. The van der Waals surface area contributed by atoms with Gasteiger partial charge in [0.1, 0.15) is 18.1 Å². The molecular formula is C14H17ClN2O2. The fraction of sp³-hybridized carbons (Fsp3) is 0.357. The van der Waals surface area contributed by atoms with Crippen molar-refractivity contribution in [3.05, 3.63) is 45.8 Å². The van der Waals surface area contributed by atoms with Gasteiger partial charge in [0.2, 0.25) is 0 Å². The van der Waals surface area contributed by atoms with Gasteiger partial charge in [-0.1, -0.05) is 22.8 Å². The molecule has 0 bridgehead atoms. The van der Waals surface area contributed by atoms with Crippen LogP contribution in [0.1, 0.15) is 22.6 Å². The van der Waals surface area contributed by atoms with Crippen LogP contribution < -0.4 is 10.1 Å². The summed E-state index contributed by atoms with van der Waals surface area (Å²) >= 11 is 6.19. The van der Waals surface area contributed by atoms with E-state index in [4.69, 9.17) is 20.9 Å². The van der Waals surface area contributed by atoms with Crippen LogP contribution in [0.2, 0.25) is 5.02 Å². The van der Waals surface area contributed by atoms with E-state index in [0.29, 0.717) is 17.4 Å². The molecular weight excluding hydrogens is 264 g/mol. The summed E-state index contributed by atoms with van der Waals surface area (Å²) in [7, 11) is 1.90. The number of hydrogen-bond acceptors (Lipinski definition) is 4. The smallest absolute Gasteiger partial charge is 0.140 e. The molecule has 0 spiro atoms. The summed E-state index contributed by atoms with van der Waals surface area (Å²) in [6.45, 7) is 4.96. The molecule has 0 radical (unpaired) electrons. The van der Waals surface area contributed by atoms with Crippen molar-refractivity contribution < 1.29 is 9.26 Å². The van der Waals surface area contributed by atoms with Crippen LogP contribution in [0, 0.1) is 13.8 Å². The van der Waals surface area contributed by atoms with Gasteiger partial charge >= 0.3 is 0 Å². The van der Waals surface area contributed by atoms with Crippen molar-refractivity contribution >= 4 is 11.6 Å². The minimum Gasteiger partial charge on any atom is -0.487 e. The van der Waals surface area contributed by atoms with E-state index in [2.05, 4.69) is 10.5 Å². The van der Waals surface area contributed by atoms with Crippen LogP contribution in [-0.2, 0) is 13.2 Å². The normalized spacial score (nSPS) is 10.7. The maximum absolute atomic E-state index is 6.19. The predicted octanol–water partition coefficient (Wildman–Crippen LogP) is 3.24. The van der Waals surface area contributed by atoms with Crippen molar-refractivity contribution in [1.82, 2.24) is 10.5 Å². The van der Waals surface area contributed by atoms with Gasteiger partial charge in [-0.3, -0.25) is 0 Å². The molecule has 0 aliphatic heterocycles. The monoisotopic (exact) mass is 280 g/mol. The van der Waals surface area contributed by atoms with E-state index in [1.54, 1.807) is 0 Å². The minimum atomic E-state index is 0.409. The zero-order chi connectivity index (χ0) is 13.8. The molecule has 1 aromatic carbocycles. The number of nitrogens with one attached hydrogen (secondary N) is 1. The summed E-state index contributed by atoms with van der Waals surface area (Å²) in [6, 6.07) is 5.78.